The van der Waals surface area contributed by atoms with Gasteiger partial charge in [0.1, 0.15) is 0 Å². The average Bonchev–Trinajstić information content (AvgIpc) is 2.44. The van der Waals surface area contributed by atoms with Crippen LogP contribution in [0.4, 0.5) is 0 Å². The molecule has 1 rings (SSSR count). The van der Waals surface area contributed by atoms with Crippen LogP contribution in [0.1, 0.15) is 35.7 Å². The molecule has 19 heavy (non-hydrogen) atoms. The second-order valence-corrected chi connectivity index (χ2v) is 4.56. The van der Waals surface area contributed by atoms with Crippen LogP contribution in [0.2, 0.25) is 0 Å². The molecular weight excluding hydrogens is 310 g/mol. The zero-order valence-electron chi connectivity index (χ0n) is 10.9. The zero-order chi connectivity index (χ0) is 14.1. The first kappa shape index (κ1) is 15.7. The Balaban J connectivity index is 2.29. The van der Waals surface area contributed by atoms with Crippen LogP contribution in [0.25, 0.3) is 0 Å². The number of halogens is 1. The Hall–Kier alpha value is -1.36. The Bertz CT molecular complexity index is 417. The molecule has 0 saturated carbocycles. The number of hydrogen-bond donors (Lipinski definition) is 1. The van der Waals surface area contributed by atoms with E-state index in [9.17, 15) is 9.59 Å². The normalized spacial score (nSPS) is 10.0. The molecule has 1 aromatic carbocycles. The Morgan fingerprint density at radius 3 is 2.53 bits per heavy atom. The molecule has 1 aromatic rings. The van der Waals surface area contributed by atoms with Crippen LogP contribution in [0.15, 0.2) is 24.3 Å². The van der Waals surface area contributed by atoms with Crippen LogP contribution in [-0.4, -0.2) is 25.0 Å². The largest absolute Gasteiger partial charge is 0.466 e. The summed E-state index contributed by atoms with van der Waals surface area (Å²) >= 11 is 3.35. The number of hydrogen-bond acceptors (Lipinski definition) is 3. The van der Waals surface area contributed by atoms with Crippen molar-refractivity contribution in [2.45, 2.75) is 25.1 Å². The second-order valence-electron chi connectivity index (χ2n) is 4.00. The highest BCUT2D eigenvalue weighted by Crippen LogP contribution is 2.07. The highest BCUT2D eigenvalue weighted by Gasteiger charge is 2.05. The average molecular weight is 328 g/mol. The van der Waals surface area contributed by atoms with Gasteiger partial charge in [-0.05, 0) is 31.0 Å². The first-order valence-electron chi connectivity index (χ1n) is 6.26. The molecule has 0 bridgehead atoms. The van der Waals surface area contributed by atoms with Gasteiger partial charge in [0.2, 0.25) is 0 Å². The van der Waals surface area contributed by atoms with E-state index in [1.807, 2.05) is 12.1 Å². The van der Waals surface area contributed by atoms with Gasteiger partial charge in [0.25, 0.3) is 5.91 Å². The van der Waals surface area contributed by atoms with E-state index in [4.69, 9.17) is 4.74 Å². The minimum atomic E-state index is -0.224. The van der Waals surface area contributed by atoms with Crippen molar-refractivity contribution >= 4 is 27.8 Å². The number of amides is 1. The van der Waals surface area contributed by atoms with Gasteiger partial charge in [0.05, 0.1) is 6.61 Å². The first-order valence-corrected chi connectivity index (χ1v) is 7.38. The molecule has 4 nitrogen and oxygen atoms in total. The predicted molar refractivity (Wildman–Crippen MR) is 77.3 cm³/mol. The molecule has 0 radical (unpaired) electrons. The van der Waals surface area contributed by atoms with E-state index in [2.05, 4.69) is 21.2 Å². The van der Waals surface area contributed by atoms with Crippen molar-refractivity contribution in [1.29, 1.82) is 0 Å². The number of carbonyl (C=O) groups is 2. The molecule has 0 unspecified atom stereocenters. The minimum absolute atomic E-state index is 0.120. The number of alkyl halides is 1. The van der Waals surface area contributed by atoms with E-state index < -0.39 is 0 Å². The third kappa shape index (κ3) is 5.87. The third-order valence-corrected chi connectivity index (χ3v) is 3.17. The molecule has 1 amide bonds. The minimum Gasteiger partial charge on any atom is -0.466 e. The van der Waals surface area contributed by atoms with Gasteiger partial charge >= 0.3 is 5.97 Å². The molecule has 0 heterocycles. The number of rotatable bonds is 7. The lowest BCUT2D eigenvalue weighted by Gasteiger charge is -2.05. The summed E-state index contributed by atoms with van der Waals surface area (Å²) < 4.78 is 4.80. The van der Waals surface area contributed by atoms with Gasteiger partial charge in [-0.1, -0.05) is 28.1 Å². The number of esters is 1. The lowest BCUT2D eigenvalue weighted by atomic mass is 10.1. The summed E-state index contributed by atoms with van der Waals surface area (Å²) in [6, 6.07) is 7.39. The maximum absolute atomic E-state index is 11.8. The second kappa shape index (κ2) is 8.69. The van der Waals surface area contributed by atoms with E-state index in [0.29, 0.717) is 31.6 Å². The molecular formula is C14H18BrNO3. The zero-order valence-corrected chi connectivity index (χ0v) is 12.5. The van der Waals surface area contributed by atoms with E-state index in [1.165, 1.54) is 0 Å². The van der Waals surface area contributed by atoms with Crippen molar-refractivity contribution in [3.8, 4) is 0 Å². The molecule has 5 heteroatoms. The molecule has 0 aromatic heterocycles. The van der Waals surface area contributed by atoms with Crippen molar-refractivity contribution in [2.24, 2.45) is 0 Å². The summed E-state index contributed by atoms with van der Waals surface area (Å²) in [5.41, 5.74) is 1.75. The number of ether oxygens (including phenoxy) is 1. The van der Waals surface area contributed by atoms with Crippen LogP contribution < -0.4 is 5.32 Å². The SMILES string of the molecule is CCOC(=O)CCCNC(=O)c1ccc(CBr)cc1. The van der Waals surface area contributed by atoms with Crippen molar-refractivity contribution < 1.29 is 14.3 Å². The van der Waals surface area contributed by atoms with Crippen molar-refractivity contribution in [3.05, 3.63) is 35.4 Å². The van der Waals surface area contributed by atoms with E-state index in [0.717, 1.165) is 10.9 Å². The standard InChI is InChI=1S/C14H18BrNO3/c1-2-19-13(17)4-3-9-16-14(18)12-7-5-11(10-15)6-8-12/h5-8H,2-4,9-10H2,1H3,(H,16,18). The number of carbonyl (C=O) groups excluding carboxylic acids is 2. The fourth-order valence-electron chi connectivity index (χ4n) is 1.52. The van der Waals surface area contributed by atoms with Gasteiger partial charge in [0, 0.05) is 23.9 Å². The molecule has 0 saturated heterocycles. The fraction of sp³-hybridized carbons (Fsp3) is 0.429. The molecule has 0 aliphatic heterocycles. The van der Waals surface area contributed by atoms with E-state index in [-0.39, 0.29) is 11.9 Å². The third-order valence-electron chi connectivity index (χ3n) is 2.52. The van der Waals surface area contributed by atoms with Crippen molar-refractivity contribution in [1.82, 2.24) is 5.32 Å². The predicted octanol–water partition coefficient (Wildman–Crippen LogP) is 2.65. The molecule has 1 N–H and O–H groups in total. The molecule has 0 aliphatic rings. The summed E-state index contributed by atoms with van der Waals surface area (Å²) in [6.45, 7) is 2.64. The summed E-state index contributed by atoms with van der Waals surface area (Å²) in [7, 11) is 0. The topological polar surface area (TPSA) is 55.4 Å². The Labute approximate surface area is 121 Å². The quantitative estimate of drug-likeness (QED) is 0.476. The van der Waals surface area contributed by atoms with Gasteiger partial charge in [0.15, 0.2) is 0 Å². The Morgan fingerprint density at radius 2 is 1.95 bits per heavy atom. The number of nitrogens with one attached hydrogen (secondary N) is 1. The lowest BCUT2D eigenvalue weighted by Crippen LogP contribution is -2.25. The van der Waals surface area contributed by atoms with Crippen LogP contribution in [0.3, 0.4) is 0 Å². The maximum atomic E-state index is 11.8. The van der Waals surface area contributed by atoms with Crippen LogP contribution in [0.5, 0.6) is 0 Å². The van der Waals surface area contributed by atoms with Gasteiger partial charge in [-0.2, -0.15) is 0 Å². The number of benzene rings is 1. The van der Waals surface area contributed by atoms with Crippen LogP contribution in [0, 0.1) is 0 Å². The molecule has 104 valence electrons. The summed E-state index contributed by atoms with van der Waals surface area (Å²) in [5, 5.41) is 3.55. The van der Waals surface area contributed by atoms with Crippen molar-refractivity contribution in [2.75, 3.05) is 13.2 Å². The molecule has 0 fully saturated rings. The summed E-state index contributed by atoms with van der Waals surface area (Å²) in [6.07, 6.45) is 0.917. The van der Waals surface area contributed by atoms with Gasteiger partial charge < -0.3 is 10.1 Å². The van der Waals surface area contributed by atoms with Gasteiger partial charge in [-0.15, -0.1) is 0 Å². The van der Waals surface area contributed by atoms with E-state index >= 15 is 0 Å². The van der Waals surface area contributed by atoms with Crippen LogP contribution >= 0.6 is 15.9 Å². The highest BCUT2D eigenvalue weighted by atomic mass is 79.9. The fourth-order valence-corrected chi connectivity index (χ4v) is 1.89. The van der Waals surface area contributed by atoms with Crippen molar-refractivity contribution in [3.63, 3.8) is 0 Å². The maximum Gasteiger partial charge on any atom is 0.305 e. The highest BCUT2D eigenvalue weighted by molar-refractivity contribution is 9.08. The van der Waals surface area contributed by atoms with E-state index in [1.54, 1.807) is 19.1 Å². The summed E-state index contributed by atoms with van der Waals surface area (Å²) in [5.74, 6) is -0.344. The lowest BCUT2D eigenvalue weighted by molar-refractivity contribution is -0.143. The Morgan fingerprint density at radius 1 is 1.26 bits per heavy atom. The van der Waals surface area contributed by atoms with Gasteiger partial charge in [-0.3, -0.25) is 9.59 Å². The molecule has 0 atom stereocenters. The van der Waals surface area contributed by atoms with Crippen LogP contribution in [-0.2, 0) is 14.9 Å². The van der Waals surface area contributed by atoms with Gasteiger partial charge in [-0.25, -0.2) is 0 Å². The molecule has 0 aliphatic carbocycles. The molecule has 0 spiro atoms. The summed E-state index contributed by atoms with van der Waals surface area (Å²) in [4.78, 5) is 22.9. The smallest absolute Gasteiger partial charge is 0.305 e. The monoisotopic (exact) mass is 327 g/mol. The first-order chi connectivity index (χ1) is 9.17. The Kier molecular flexibility index (Phi) is 7.18.